The second-order valence-electron chi connectivity index (χ2n) is 17.8. The van der Waals surface area contributed by atoms with E-state index in [-0.39, 0.29) is 17.4 Å². The van der Waals surface area contributed by atoms with Gasteiger partial charge in [-0.05, 0) is 117 Å². The lowest BCUT2D eigenvalue weighted by Crippen LogP contribution is -2.40. The maximum absolute atomic E-state index is 4.58. The van der Waals surface area contributed by atoms with Crippen LogP contribution in [0.3, 0.4) is 0 Å². The van der Waals surface area contributed by atoms with E-state index >= 15 is 0 Å². The minimum Gasteiger partial charge on any atom is -0.334 e. The number of hydrogen-bond donors (Lipinski definition) is 0. The summed E-state index contributed by atoms with van der Waals surface area (Å²) in [5.41, 5.74) is 18.0. The second kappa shape index (κ2) is 14.6. The molecular formula is C61H47N3. The number of allylic oxidation sites excluding steroid dienone is 5. The van der Waals surface area contributed by atoms with Gasteiger partial charge in [-0.25, -0.2) is 0 Å². The van der Waals surface area contributed by atoms with Gasteiger partial charge in [0, 0.05) is 61.6 Å². The molecule has 3 aliphatic rings. The first-order chi connectivity index (χ1) is 31.4. The first-order valence-electron chi connectivity index (χ1n) is 22.3. The highest BCUT2D eigenvalue weighted by atomic mass is 15.2. The molecule has 12 rings (SSSR count). The molecule has 2 heterocycles. The number of aromatic nitrogens is 1. The van der Waals surface area contributed by atoms with Crippen molar-refractivity contribution in [2.24, 2.45) is 0 Å². The van der Waals surface area contributed by atoms with E-state index in [1.165, 1.54) is 77.2 Å². The van der Waals surface area contributed by atoms with E-state index < -0.39 is 0 Å². The zero-order valence-electron chi connectivity index (χ0n) is 36.1. The Kier molecular flexibility index (Phi) is 8.64. The van der Waals surface area contributed by atoms with Crippen LogP contribution in [0.5, 0.6) is 0 Å². The number of para-hydroxylation sites is 2. The molecule has 3 nitrogen and oxygen atoms in total. The Morgan fingerprint density at radius 2 is 1.34 bits per heavy atom. The topological polar surface area (TPSA) is 11.4 Å². The van der Waals surface area contributed by atoms with E-state index in [0.717, 1.165) is 28.4 Å². The molecule has 0 radical (unpaired) electrons. The molecule has 0 amide bonds. The Balaban J connectivity index is 0.985. The van der Waals surface area contributed by atoms with Gasteiger partial charge in [-0.2, -0.15) is 0 Å². The van der Waals surface area contributed by atoms with Crippen LogP contribution in [0.15, 0.2) is 231 Å². The quantitative estimate of drug-likeness (QED) is 0.141. The van der Waals surface area contributed by atoms with Gasteiger partial charge in [0.2, 0.25) is 0 Å². The summed E-state index contributed by atoms with van der Waals surface area (Å²) in [6.45, 7) is 13.2. The van der Waals surface area contributed by atoms with Crippen LogP contribution in [0, 0.1) is 0 Å². The summed E-state index contributed by atoms with van der Waals surface area (Å²) in [6, 6.07) is 64.9. The third-order valence-electron chi connectivity index (χ3n) is 14.0. The first kappa shape index (κ1) is 37.8. The molecule has 0 bridgehead atoms. The lowest BCUT2D eigenvalue weighted by atomic mass is 9.78. The van der Waals surface area contributed by atoms with Gasteiger partial charge in [0.1, 0.15) is 0 Å². The molecule has 2 atom stereocenters. The summed E-state index contributed by atoms with van der Waals surface area (Å²) in [4.78, 5) is 4.85. The average molecular weight is 822 g/mol. The van der Waals surface area contributed by atoms with E-state index in [4.69, 9.17) is 0 Å². The van der Waals surface area contributed by atoms with E-state index in [0.29, 0.717) is 0 Å². The van der Waals surface area contributed by atoms with Crippen LogP contribution < -0.4 is 9.80 Å². The lowest BCUT2D eigenvalue weighted by Gasteiger charge is -2.43. The van der Waals surface area contributed by atoms with Crippen molar-refractivity contribution in [1.82, 2.24) is 4.57 Å². The predicted molar refractivity (Wildman–Crippen MR) is 272 cm³/mol. The van der Waals surface area contributed by atoms with Crippen molar-refractivity contribution >= 4 is 60.9 Å². The molecule has 0 saturated carbocycles. The van der Waals surface area contributed by atoms with E-state index in [2.05, 4.69) is 242 Å². The standard InChI is InChI=1S/C61H47N3/c1-5-6-16-40(2)62-58-26-15-18-42-17-14-23-52(60(42)58)51-34-29-43(37-59(51)62)41-27-30-45(31-28-41)63(47-32-35-49-48-21-10-12-24-54(48)61(3,4)55(49)39-47)46-33-36-57-53(38-46)50-22-11-13-25-56(50)64(57)44-19-8-7-9-20-44/h5-39,51,59H,1-2H2,3-4H3/b16-6-. The Bertz CT molecular complexity index is 3460. The molecule has 0 spiro atoms. The van der Waals surface area contributed by atoms with Gasteiger partial charge in [-0.15, -0.1) is 0 Å². The molecule has 3 heteroatoms. The number of hydrogen-bond acceptors (Lipinski definition) is 2. The molecule has 0 fully saturated rings. The zero-order chi connectivity index (χ0) is 43.1. The molecule has 8 aromatic carbocycles. The monoisotopic (exact) mass is 821 g/mol. The SMILES string of the molecule is C=C/C=C\C(=C)N1c2cccc3cccc(c23)C2C=CC(c3ccc(N(c4ccc5c(c4)C(C)(C)c4ccccc4-5)c4ccc5c(c4)c4ccccc4n5-c4ccccc4)cc3)=CC21. The van der Waals surface area contributed by atoms with Gasteiger partial charge in [-0.3, -0.25) is 0 Å². The average Bonchev–Trinajstić information content (AvgIpc) is 3.79. The minimum atomic E-state index is -0.131. The fourth-order valence-corrected chi connectivity index (χ4v) is 11.0. The predicted octanol–water partition coefficient (Wildman–Crippen LogP) is 15.9. The Labute approximate surface area is 375 Å². The van der Waals surface area contributed by atoms with Crippen molar-refractivity contribution in [3.05, 3.63) is 253 Å². The number of nitrogens with zero attached hydrogens (tertiary/aromatic N) is 3. The third-order valence-corrected chi connectivity index (χ3v) is 14.0. The number of fused-ring (bicyclic) bond motifs is 8. The van der Waals surface area contributed by atoms with Crippen LogP contribution in [-0.4, -0.2) is 10.6 Å². The van der Waals surface area contributed by atoms with Crippen LogP contribution in [0.4, 0.5) is 22.7 Å². The fraction of sp³-hybridized carbons (Fsp3) is 0.0820. The first-order valence-corrected chi connectivity index (χ1v) is 22.3. The summed E-state index contributed by atoms with van der Waals surface area (Å²) < 4.78 is 2.39. The van der Waals surface area contributed by atoms with Crippen LogP contribution in [0.2, 0.25) is 0 Å². The summed E-state index contributed by atoms with van der Waals surface area (Å²) in [6.07, 6.45) is 13.0. The Hall–Kier alpha value is -7.88. The highest BCUT2D eigenvalue weighted by Crippen LogP contribution is 2.52. The summed E-state index contributed by atoms with van der Waals surface area (Å²) >= 11 is 0. The van der Waals surface area contributed by atoms with Gasteiger partial charge in [0.15, 0.2) is 0 Å². The summed E-state index contributed by atoms with van der Waals surface area (Å²) in [5.74, 6) is 0.184. The normalized spacial score (nSPS) is 16.8. The number of rotatable bonds is 8. The molecular weight excluding hydrogens is 775 g/mol. The van der Waals surface area contributed by atoms with Crippen molar-refractivity contribution in [3.63, 3.8) is 0 Å². The van der Waals surface area contributed by atoms with E-state index in [9.17, 15) is 0 Å². The van der Waals surface area contributed by atoms with Crippen LogP contribution >= 0.6 is 0 Å². The van der Waals surface area contributed by atoms with Crippen LogP contribution in [0.25, 0.3) is 55.0 Å². The van der Waals surface area contributed by atoms with Gasteiger partial charge in [-0.1, -0.05) is 167 Å². The lowest BCUT2D eigenvalue weighted by molar-refractivity contribution is 0.660. The van der Waals surface area contributed by atoms with Crippen molar-refractivity contribution in [1.29, 1.82) is 0 Å². The van der Waals surface area contributed by atoms with Crippen LogP contribution in [0.1, 0.15) is 42.0 Å². The van der Waals surface area contributed by atoms with Crippen LogP contribution in [-0.2, 0) is 5.41 Å². The molecule has 2 unspecified atom stereocenters. The van der Waals surface area contributed by atoms with Crippen molar-refractivity contribution in [2.45, 2.75) is 31.2 Å². The van der Waals surface area contributed by atoms with Gasteiger partial charge in [0.05, 0.1) is 17.1 Å². The molecule has 1 aromatic heterocycles. The largest absolute Gasteiger partial charge is 0.334 e. The summed E-state index contributed by atoms with van der Waals surface area (Å²) in [5, 5.41) is 5.00. The number of benzene rings is 8. The maximum atomic E-state index is 4.58. The Morgan fingerprint density at radius 1 is 0.641 bits per heavy atom. The minimum absolute atomic E-state index is 0.0577. The fourth-order valence-electron chi connectivity index (χ4n) is 11.0. The highest BCUT2D eigenvalue weighted by molar-refractivity contribution is 6.11. The highest BCUT2D eigenvalue weighted by Gasteiger charge is 2.37. The molecule has 2 aliphatic carbocycles. The molecule has 0 N–H and O–H groups in total. The van der Waals surface area contributed by atoms with Gasteiger partial charge in [0.25, 0.3) is 0 Å². The number of anilines is 4. The smallest absolute Gasteiger partial charge is 0.0634 e. The van der Waals surface area contributed by atoms with Gasteiger partial charge < -0.3 is 14.4 Å². The molecule has 306 valence electrons. The van der Waals surface area contributed by atoms with Gasteiger partial charge >= 0.3 is 0 Å². The van der Waals surface area contributed by atoms with Crippen molar-refractivity contribution < 1.29 is 0 Å². The van der Waals surface area contributed by atoms with E-state index in [1.807, 2.05) is 12.2 Å². The van der Waals surface area contributed by atoms with Crippen molar-refractivity contribution in [3.8, 4) is 16.8 Å². The van der Waals surface area contributed by atoms with E-state index in [1.54, 1.807) is 0 Å². The molecule has 64 heavy (non-hydrogen) atoms. The van der Waals surface area contributed by atoms with Crippen molar-refractivity contribution in [2.75, 3.05) is 9.80 Å². The maximum Gasteiger partial charge on any atom is 0.0634 e. The summed E-state index contributed by atoms with van der Waals surface area (Å²) in [7, 11) is 0. The Morgan fingerprint density at radius 3 is 2.19 bits per heavy atom. The molecule has 0 saturated heterocycles. The molecule has 1 aliphatic heterocycles. The zero-order valence-corrected chi connectivity index (χ0v) is 36.1. The molecule has 9 aromatic rings. The third kappa shape index (κ3) is 5.74. The second-order valence-corrected chi connectivity index (χ2v) is 17.8.